The fourth-order valence-electron chi connectivity index (χ4n) is 1.41. The fourth-order valence-corrected chi connectivity index (χ4v) is 1.41. The van der Waals surface area contributed by atoms with Gasteiger partial charge in [0.05, 0.1) is 0 Å². The number of nitrogens with zero attached hydrogens (tertiary/aromatic N) is 1. The van der Waals surface area contributed by atoms with Crippen LogP contribution in [0.3, 0.4) is 0 Å². The Hall–Kier alpha value is -0.930. The Morgan fingerprint density at radius 3 is 2.43 bits per heavy atom. The zero-order valence-corrected chi connectivity index (χ0v) is 8.32. The molecule has 0 aliphatic rings. The van der Waals surface area contributed by atoms with Crippen molar-refractivity contribution in [2.75, 3.05) is 26.3 Å². The molecule has 0 fully saturated rings. The Kier molecular flexibility index (Phi) is 5.19. The highest BCUT2D eigenvalue weighted by Crippen LogP contribution is 2.03. The number of hydrogen-bond donors (Lipinski definition) is 1. The lowest BCUT2D eigenvalue weighted by atomic mass is 10.2. The molecule has 0 saturated carbocycles. The molecule has 0 heterocycles. The molecule has 2 N–H and O–H groups in total. The van der Waals surface area contributed by atoms with Gasteiger partial charge in [0, 0.05) is 26.2 Å². The summed E-state index contributed by atoms with van der Waals surface area (Å²) in [5.41, 5.74) is 6.65. The molecule has 1 aromatic rings. The van der Waals surface area contributed by atoms with Crippen LogP contribution < -0.4 is 5.73 Å². The lowest BCUT2D eigenvalue weighted by Crippen LogP contribution is -2.30. The van der Waals surface area contributed by atoms with Crippen LogP contribution in [-0.2, 0) is 6.54 Å². The molecular weight excluding hydrogens is 179 g/mol. The van der Waals surface area contributed by atoms with E-state index in [-0.39, 0.29) is 6.67 Å². The van der Waals surface area contributed by atoms with Crippen molar-refractivity contribution in [2.24, 2.45) is 5.73 Å². The van der Waals surface area contributed by atoms with Crippen molar-refractivity contribution in [3.63, 3.8) is 0 Å². The van der Waals surface area contributed by atoms with Gasteiger partial charge in [-0.2, -0.15) is 0 Å². The number of benzene rings is 1. The molecule has 78 valence electrons. The number of alkyl halides is 1. The molecule has 0 amide bonds. The molecule has 3 heteroatoms. The van der Waals surface area contributed by atoms with Crippen LogP contribution in [0.2, 0.25) is 0 Å². The second kappa shape index (κ2) is 6.51. The van der Waals surface area contributed by atoms with E-state index in [2.05, 4.69) is 0 Å². The third-order valence-corrected chi connectivity index (χ3v) is 2.10. The Bertz CT molecular complexity index is 232. The van der Waals surface area contributed by atoms with Crippen LogP contribution in [0.1, 0.15) is 5.56 Å². The third-order valence-electron chi connectivity index (χ3n) is 2.10. The van der Waals surface area contributed by atoms with Crippen molar-refractivity contribution >= 4 is 0 Å². The Morgan fingerprint density at radius 2 is 1.86 bits per heavy atom. The van der Waals surface area contributed by atoms with Crippen molar-refractivity contribution in [2.45, 2.75) is 6.54 Å². The fraction of sp³-hybridized carbons (Fsp3) is 0.455. The van der Waals surface area contributed by atoms with Gasteiger partial charge >= 0.3 is 0 Å². The molecule has 2 nitrogen and oxygen atoms in total. The van der Waals surface area contributed by atoms with Crippen molar-refractivity contribution in [1.29, 1.82) is 0 Å². The first-order valence-electron chi connectivity index (χ1n) is 4.89. The number of nitrogens with two attached hydrogens (primary N) is 1. The van der Waals surface area contributed by atoms with E-state index in [1.54, 1.807) is 0 Å². The van der Waals surface area contributed by atoms with Crippen molar-refractivity contribution in [1.82, 2.24) is 4.90 Å². The predicted molar refractivity (Wildman–Crippen MR) is 56.7 cm³/mol. The molecule has 0 unspecified atom stereocenters. The number of halogens is 1. The molecule has 0 saturated heterocycles. The highest BCUT2D eigenvalue weighted by atomic mass is 19.1. The van der Waals surface area contributed by atoms with Gasteiger partial charge in [0.15, 0.2) is 0 Å². The molecule has 0 aliphatic heterocycles. The lowest BCUT2D eigenvalue weighted by Gasteiger charge is -2.19. The minimum atomic E-state index is -0.313. The van der Waals surface area contributed by atoms with E-state index in [9.17, 15) is 4.39 Å². The van der Waals surface area contributed by atoms with E-state index in [0.29, 0.717) is 13.1 Å². The summed E-state index contributed by atoms with van der Waals surface area (Å²) in [5, 5.41) is 0. The maximum Gasteiger partial charge on any atom is 0.102 e. The van der Waals surface area contributed by atoms with Gasteiger partial charge in [0.1, 0.15) is 6.67 Å². The van der Waals surface area contributed by atoms with Crippen molar-refractivity contribution in [3.05, 3.63) is 35.9 Å². The minimum absolute atomic E-state index is 0.313. The first-order chi connectivity index (χ1) is 6.86. The van der Waals surface area contributed by atoms with Crippen LogP contribution >= 0.6 is 0 Å². The van der Waals surface area contributed by atoms with E-state index in [1.165, 1.54) is 5.56 Å². The standard InChI is InChI=1S/C11H17FN2/c12-6-8-14(9-7-13)10-11-4-2-1-3-5-11/h1-5H,6-10,13H2. The molecule has 14 heavy (non-hydrogen) atoms. The second-order valence-corrected chi connectivity index (χ2v) is 3.24. The molecule has 1 aromatic carbocycles. The summed E-state index contributed by atoms with van der Waals surface area (Å²) in [5.74, 6) is 0. The van der Waals surface area contributed by atoms with Crippen LogP contribution in [-0.4, -0.2) is 31.2 Å². The largest absolute Gasteiger partial charge is 0.329 e. The minimum Gasteiger partial charge on any atom is -0.329 e. The highest BCUT2D eigenvalue weighted by molar-refractivity contribution is 5.14. The van der Waals surface area contributed by atoms with Crippen LogP contribution in [0.25, 0.3) is 0 Å². The molecule has 0 atom stereocenters. The Labute approximate surface area is 84.5 Å². The molecule has 1 rings (SSSR count). The van der Waals surface area contributed by atoms with Crippen molar-refractivity contribution < 1.29 is 4.39 Å². The average molecular weight is 196 g/mol. The van der Waals surface area contributed by atoms with Gasteiger partial charge < -0.3 is 5.73 Å². The van der Waals surface area contributed by atoms with Crippen LogP contribution in [0, 0.1) is 0 Å². The van der Waals surface area contributed by atoms with Gasteiger partial charge in [-0.1, -0.05) is 30.3 Å². The first kappa shape index (κ1) is 11.1. The molecule has 0 bridgehead atoms. The summed E-state index contributed by atoms with van der Waals surface area (Å²) in [4.78, 5) is 2.02. The lowest BCUT2D eigenvalue weighted by molar-refractivity contribution is 0.246. The van der Waals surface area contributed by atoms with Gasteiger partial charge in [-0.3, -0.25) is 4.90 Å². The third kappa shape index (κ3) is 3.85. The van der Waals surface area contributed by atoms with Gasteiger partial charge in [-0.15, -0.1) is 0 Å². The quantitative estimate of drug-likeness (QED) is 0.745. The van der Waals surface area contributed by atoms with Crippen LogP contribution in [0.15, 0.2) is 30.3 Å². The van der Waals surface area contributed by atoms with Gasteiger partial charge in [-0.05, 0) is 5.56 Å². The number of hydrogen-bond acceptors (Lipinski definition) is 2. The summed E-state index contributed by atoms with van der Waals surface area (Å²) >= 11 is 0. The van der Waals surface area contributed by atoms with Crippen molar-refractivity contribution in [3.8, 4) is 0 Å². The van der Waals surface area contributed by atoms with Gasteiger partial charge in [-0.25, -0.2) is 4.39 Å². The summed E-state index contributed by atoms with van der Waals surface area (Å²) in [6.07, 6.45) is 0. The Balaban J connectivity index is 2.46. The number of rotatable bonds is 6. The second-order valence-electron chi connectivity index (χ2n) is 3.24. The summed E-state index contributed by atoms with van der Waals surface area (Å²) in [6, 6.07) is 10.0. The molecule has 0 aliphatic carbocycles. The normalized spacial score (nSPS) is 10.8. The van der Waals surface area contributed by atoms with E-state index in [0.717, 1.165) is 13.1 Å². The van der Waals surface area contributed by atoms with E-state index < -0.39 is 0 Å². The first-order valence-corrected chi connectivity index (χ1v) is 4.89. The van der Waals surface area contributed by atoms with Gasteiger partial charge in [0.2, 0.25) is 0 Å². The smallest absolute Gasteiger partial charge is 0.102 e. The Morgan fingerprint density at radius 1 is 1.14 bits per heavy atom. The van der Waals surface area contributed by atoms with Crippen LogP contribution in [0.5, 0.6) is 0 Å². The van der Waals surface area contributed by atoms with Crippen LogP contribution in [0.4, 0.5) is 4.39 Å². The summed E-state index contributed by atoms with van der Waals surface area (Å²) < 4.78 is 12.2. The predicted octanol–water partition coefficient (Wildman–Crippen LogP) is 1.42. The maximum absolute atomic E-state index is 12.2. The highest BCUT2D eigenvalue weighted by Gasteiger charge is 2.03. The SMILES string of the molecule is NCCN(CCF)Cc1ccccc1. The summed E-state index contributed by atoms with van der Waals surface area (Å²) in [6.45, 7) is 2.26. The maximum atomic E-state index is 12.2. The zero-order chi connectivity index (χ0) is 10.2. The van der Waals surface area contributed by atoms with E-state index in [4.69, 9.17) is 5.73 Å². The van der Waals surface area contributed by atoms with Gasteiger partial charge in [0.25, 0.3) is 0 Å². The summed E-state index contributed by atoms with van der Waals surface area (Å²) in [7, 11) is 0. The molecule has 0 aromatic heterocycles. The van der Waals surface area contributed by atoms with E-state index >= 15 is 0 Å². The average Bonchev–Trinajstić information content (AvgIpc) is 2.20. The zero-order valence-electron chi connectivity index (χ0n) is 8.32. The molecular formula is C11H17FN2. The topological polar surface area (TPSA) is 29.3 Å². The monoisotopic (exact) mass is 196 g/mol. The molecule has 0 spiro atoms. The van der Waals surface area contributed by atoms with E-state index in [1.807, 2.05) is 35.2 Å². The molecule has 0 radical (unpaired) electrons.